The van der Waals surface area contributed by atoms with E-state index in [0.717, 1.165) is 0 Å². The Morgan fingerprint density at radius 1 is 0.656 bits per heavy atom. The Labute approximate surface area is 244 Å². The number of phosphoric acid groups is 2. The van der Waals surface area contributed by atoms with Gasteiger partial charge in [-0.1, -0.05) is 18.2 Å². The Hall–Kier alpha value is -0.000519. The molecule has 0 unspecified atom stereocenters. The average molecular weight is 538 g/mol. The first-order valence-electron chi connectivity index (χ1n) is 8.01. The molecule has 0 amide bonds. The molecule has 164 valence electrons. The summed E-state index contributed by atoms with van der Waals surface area (Å²) in [6.07, 6.45) is 2.97. The topological polar surface area (TPSA) is 173 Å². The average Bonchev–Trinajstić information content (AvgIpc) is 2.63. The zero-order valence-corrected chi connectivity index (χ0v) is 23.5. The fraction of sp³-hybridized carbons (Fsp3) is 0.176. The van der Waals surface area contributed by atoms with Gasteiger partial charge in [0.15, 0.2) is 23.0 Å². The molecule has 0 saturated heterocycles. The van der Waals surface area contributed by atoms with E-state index in [0.29, 0.717) is 11.1 Å². The van der Waals surface area contributed by atoms with Crippen LogP contribution in [0.2, 0.25) is 0 Å². The summed E-state index contributed by atoms with van der Waals surface area (Å²) in [4.78, 5) is 43.8. The van der Waals surface area contributed by atoms with Gasteiger partial charge >= 0.3 is 75.5 Å². The Morgan fingerprint density at radius 3 is 1.62 bits per heavy atom. The molecule has 11 nitrogen and oxygen atoms in total. The predicted octanol–water partition coefficient (Wildman–Crippen LogP) is -0.464. The van der Waals surface area contributed by atoms with E-state index >= 15 is 0 Å². The van der Waals surface area contributed by atoms with E-state index in [1.807, 2.05) is 0 Å². The molecule has 0 atom stereocenters. The minimum atomic E-state index is -5.37. The van der Waals surface area contributed by atoms with Gasteiger partial charge in [-0.2, -0.15) is 0 Å². The summed E-state index contributed by atoms with van der Waals surface area (Å²) in [6.45, 7) is 0. The molecule has 2 aromatic rings. The second kappa shape index (κ2) is 13.8. The van der Waals surface area contributed by atoms with Crippen LogP contribution in [-0.4, -0.2) is 96.8 Å². The fourth-order valence-corrected chi connectivity index (χ4v) is 3.18. The first-order chi connectivity index (χ1) is 14.0. The second-order valence-corrected chi connectivity index (χ2v) is 7.73. The van der Waals surface area contributed by atoms with E-state index in [1.54, 1.807) is 6.07 Å². The summed E-state index contributed by atoms with van der Waals surface area (Å²) in [5, 5.41) is 0. The van der Waals surface area contributed by atoms with Crippen molar-refractivity contribution in [3.63, 3.8) is 0 Å². The Morgan fingerprint density at radius 2 is 1.12 bits per heavy atom. The van der Waals surface area contributed by atoms with Gasteiger partial charge < -0.3 is 52.0 Å². The quantitative estimate of drug-likeness (QED) is 0.230. The molecule has 0 radical (unpaired) electrons. The first-order valence-corrected chi connectivity index (χ1v) is 10.9. The Balaban J connectivity index is 0.00000480. The molecule has 2 rings (SSSR count). The van der Waals surface area contributed by atoms with Gasteiger partial charge in [-0.15, -0.1) is 0 Å². The van der Waals surface area contributed by atoms with Crippen molar-refractivity contribution in [2.45, 2.75) is 0 Å². The number of rotatable bonds is 9. The van der Waals surface area contributed by atoms with Gasteiger partial charge in [-0.25, -0.2) is 0 Å². The summed E-state index contributed by atoms with van der Waals surface area (Å²) in [7, 11) is -6.86. The summed E-state index contributed by atoms with van der Waals surface area (Å²) >= 11 is 0. The van der Waals surface area contributed by atoms with Crippen LogP contribution >= 0.6 is 15.6 Å². The van der Waals surface area contributed by atoms with Gasteiger partial charge in [0.05, 0.1) is 21.3 Å². The molecule has 0 aliphatic carbocycles. The zero-order valence-electron chi connectivity index (χ0n) is 17.3. The number of hydrogen-bond donors (Lipinski definition) is 0. The third-order valence-corrected chi connectivity index (χ3v) is 4.38. The van der Waals surface area contributed by atoms with Gasteiger partial charge in [0.2, 0.25) is 5.75 Å². The van der Waals surface area contributed by atoms with Crippen LogP contribution < -0.4 is 42.8 Å². The molecule has 15 heteroatoms. The molecular formula is C17H16Ca2O11P2. The molecule has 0 bridgehead atoms. The Kier molecular flexibility index (Phi) is 13.8. The van der Waals surface area contributed by atoms with E-state index < -0.39 is 15.6 Å². The second-order valence-electron chi connectivity index (χ2n) is 5.58. The van der Waals surface area contributed by atoms with E-state index in [9.17, 15) is 28.7 Å². The van der Waals surface area contributed by atoms with Crippen LogP contribution in [0.15, 0.2) is 30.3 Å². The molecule has 0 aliphatic heterocycles. The molecular weight excluding hydrogens is 522 g/mol. The number of benzene rings is 2. The van der Waals surface area contributed by atoms with Gasteiger partial charge in [-0.05, 0) is 35.4 Å². The molecule has 0 spiro atoms. The molecule has 0 N–H and O–H groups in total. The molecule has 2 aromatic carbocycles. The number of methoxy groups -OCH3 is 3. The van der Waals surface area contributed by atoms with Crippen LogP contribution in [0.3, 0.4) is 0 Å². The van der Waals surface area contributed by atoms with Crippen LogP contribution in [-0.2, 0) is 9.13 Å². The van der Waals surface area contributed by atoms with E-state index in [1.165, 1.54) is 57.7 Å². The van der Waals surface area contributed by atoms with Crippen molar-refractivity contribution >= 4 is 103 Å². The smallest absolute Gasteiger partial charge is 0.780 e. The maximum Gasteiger partial charge on any atom is 2.00 e. The first kappa shape index (κ1) is 32.0. The van der Waals surface area contributed by atoms with E-state index in [4.69, 9.17) is 14.2 Å². The van der Waals surface area contributed by atoms with E-state index in [-0.39, 0.29) is 104 Å². The standard InChI is InChI=1S/C17H20O11P2.2Ca/c1-24-13-7-6-11(8-14(13)27-29(18,19)20)4-5-12-9-15(25-2)17(26-3)16(10-12)28-30(21,22)23;;/h4-10H,1-3H3,(H2,18,19,20)(H2,21,22,23);;/q;2*+2/p-4/b5-4-;;. The molecule has 32 heavy (non-hydrogen) atoms. The summed E-state index contributed by atoms with van der Waals surface area (Å²) in [5.41, 5.74) is 0.766. The van der Waals surface area contributed by atoms with Crippen molar-refractivity contribution in [1.29, 1.82) is 0 Å². The van der Waals surface area contributed by atoms with Crippen molar-refractivity contribution < 1.29 is 52.0 Å². The van der Waals surface area contributed by atoms with Crippen LogP contribution in [0.25, 0.3) is 12.2 Å². The van der Waals surface area contributed by atoms with Gasteiger partial charge in [0.25, 0.3) is 0 Å². The zero-order chi connectivity index (χ0) is 22.5. The SMILES string of the molecule is COc1ccc(/C=C\c2cc(OC)c(OC)c(OP(=O)([O-])[O-])c2)cc1OP(=O)([O-])[O-].[Ca+2].[Ca+2]. The van der Waals surface area contributed by atoms with Crippen molar-refractivity contribution in [3.8, 4) is 28.7 Å². The van der Waals surface area contributed by atoms with Crippen molar-refractivity contribution in [2.24, 2.45) is 0 Å². The van der Waals surface area contributed by atoms with E-state index in [2.05, 4.69) is 9.05 Å². The minimum absolute atomic E-state index is 0. The monoisotopic (exact) mass is 538 g/mol. The normalized spacial score (nSPS) is 11.2. The third kappa shape index (κ3) is 10.1. The fourth-order valence-electron chi connectivity index (χ4n) is 2.42. The summed E-state index contributed by atoms with van der Waals surface area (Å²) < 4.78 is 45.8. The van der Waals surface area contributed by atoms with Crippen LogP contribution in [0, 0.1) is 0 Å². The molecule has 0 fully saturated rings. The van der Waals surface area contributed by atoms with Crippen LogP contribution in [0.1, 0.15) is 11.1 Å². The summed E-state index contributed by atoms with van der Waals surface area (Å²) in [6, 6.07) is 6.89. The summed E-state index contributed by atoms with van der Waals surface area (Å²) in [5.74, 6) is -0.642. The largest absolute Gasteiger partial charge is 2.00 e. The van der Waals surface area contributed by atoms with Crippen LogP contribution in [0.5, 0.6) is 28.7 Å². The molecule has 0 aliphatic rings. The predicted molar refractivity (Wildman–Crippen MR) is 109 cm³/mol. The van der Waals surface area contributed by atoms with Crippen molar-refractivity contribution in [3.05, 3.63) is 41.5 Å². The number of hydrogen-bond acceptors (Lipinski definition) is 11. The number of phosphoric ester groups is 2. The minimum Gasteiger partial charge on any atom is -0.780 e. The molecule has 0 heterocycles. The maximum atomic E-state index is 11.0. The van der Waals surface area contributed by atoms with Gasteiger partial charge in [-0.3, -0.25) is 0 Å². The van der Waals surface area contributed by atoms with Gasteiger partial charge in [0, 0.05) is 0 Å². The van der Waals surface area contributed by atoms with Crippen LogP contribution in [0.4, 0.5) is 0 Å². The molecule has 0 aromatic heterocycles. The van der Waals surface area contributed by atoms with Crippen molar-refractivity contribution in [1.82, 2.24) is 0 Å². The van der Waals surface area contributed by atoms with Crippen molar-refractivity contribution in [2.75, 3.05) is 21.3 Å². The van der Waals surface area contributed by atoms with Gasteiger partial charge in [0.1, 0.15) is 15.6 Å². The Bertz CT molecular complexity index is 1030. The maximum absolute atomic E-state index is 11.0. The molecule has 0 saturated carbocycles. The third-order valence-electron chi connectivity index (χ3n) is 3.54. The number of ether oxygens (including phenoxy) is 3.